The highest BCUT2D eigenvalue weighted by atomic mass is 35.5. The van der Waals surface area contributed by atoms with E-state index in [1.807, 2.05) is 9.95 Å². The Balaban J connectivity index is 1.75. The van der Waals surface area contributed by atoms with Crippen molar-refractivity contribution in [1.82, 2.24) is 4.57 Å². The number of benzene rings is 3. The van der Waals surface area contributed by atoms with Crippen LogP contribution < -0.4 is 4.80 Å². The predicted octanol–water partition coefficient (Wildman–Crippen LogP) is 6.53. The van der Waals surface area contributed by atoms with E-state index in [9.17, 15) is 18.9 Å². The third-order valence-electron chi connectivity index (χ3n) is 4.84. The Kier molecular flexibility index (Phi) is 6.43. The zero-order chi connectivity index (χ0) is 22.7. The van der Waals surface area contributed by atoms with Crippen molar-refractivity contribution in [2.24, 2.45) is 4.99 Å². The fourth-order valence-corrected chi connectivity index (χ4v) is 4.25. The maximum atomic E-state index is 13.9. The molecule has 5 nitrogen and oxygen atoms in total. The van der Waals surface area contributed by atoms with E-state index in [1.165, 1.54) is 47.7 Å². The predicted molar refractivity (Wildman–Crippen MR) is 121 cm³/mol. The molecule has 0 aliphatic rings. The quantitative estimate of drug-likeness (QED) is 0.237. The summed E-state index contributed by atoms with van der Waals surface area (Å²) in [5.74, 6) is -0.859. The molecule has 1 aromatic heterocycles. The lowest BCUT2D eigenvalue weighted by Gasteiger charge is -2.10. The fourth-order valence-electron chi connectivity index (χ4n) is 3.18. The lowest BCUT2D eigenvalue weighted by molar-refractivity contribution is -0.384. The maximum Gasteiger partial charge on any atom is 0.269 e. The normalized spacial score (nSPS) is 11.7. The molecule has 0 N–H and O–H groups in total. The minimum absolute atomic E-state index is 0.00314. The number of thiazole rings is 1. The number of hydrogen-bond acceptors (Lipinski definition) is 4. The molecule has 0 unspecified atom stereocenters. The largest absolute Gasteiger partial charge is 0.316 e. The number of nitrogens with zero attached hydrogens (tertiary/aromatic N) is 3. The van der Waals surface area contributed by atoms with E-state index in [4.69, 9.17) is 11.6 Å². The molecule has 4 aromatic rings. The molecule has 162 valence electrons. The number of aryl methyl sites for hydroxylation is 1. The maximum absolute atomic E-state index is 13.9. The van der Waals surface area contributed by atoms with Crippen LogP contribution in [-0.4, -0.2) is 9.49 Å². The highest BCUT2D eigenvalue weighted by Gasteiger charge is 2.12. The third kappa shape index (κ3) is 4.92. The monoisotopic (exact) mass is 471 g/mol. The van der Waals surface area contributed by atoms with Crippen LogP contribution in [-0.2, 0) is 13.0 Å². The van der Waals surface area contributed by atoms with Crippen LogP contribution in [0.1, 0.15) is 5.56 Å². The van der Waals surface area contributed by atoms with Crippen LogP contribution in [0.25, 0.3) is 11.3 Å². The van der Waals surface area contributed by atoms with Gasteiger partial charge in [-0.2, -0.15) is 0 Å². The van der Waals surface area contributed by atoms with Gasteiger partial charge in [-0.05, 0) is 53.9 Å². The highest BCUT2D eigenvalue weighted by molar-refractivity contribution is 7.07. The summed E-state index contributed by atoms with van der Waals surface area (Å²) in [5, 5.41) is 12.9. The molecule has 0 atom stereocenters. The molecule has 0 spiro atoms. The molecule has 0 bridgehead atoms. The molecule has 9 heteroatoms. The average molecular weight is 472 g/mol. The summed E-state index contributed by atoms with van der Waals surface area (Å²) in [7, 11) is 0. The van der Waals surface area contributed by atoms with Crippen molar-refractivity contribution in [2.75, 3.05) is 0 Å². The van der Waals surface area contributed by atoms with Crippen molar-refractivity contribution >= 4 is 34.3 Å². The smallest absolute Gasteiger partial charge is 0.269 e. The van der Waals surface area contributed by atoms with Crippen molar-refractivity contribution in [3.05, 3.63) is 109 Å². The van der Waals surface area contributed by atoms with Gasteiger partial charge in [-0.1, -0.05) is 23.7 Å². The number of nitro groups is 1. The molecule has 0 fully saturated rings. The van der Waals surface area contributed by atoms with Gasteiger partial charge in [-0.25, -0.2) is 13.8 Å². The van der Waals surface area contributed by atoms with E-state index in [0.29, 0.717) is 23.5 Å². The number of aromatic nitrogens is 1. The van der Waals surface area contributed by atoms with Crippen LogP contribution in [0.2, 0.25) is 5.02 Å². The Morgan fingerprint density at radius 2 is 1.75 bits per heavy atom. The topological polar surface area (TPSA) is 60.4 Å². The molecule has 0 saturated carbocycles. The van der Waals surface area contributed by atoms with Crippen LogP contribution in [0.15, 0.2) is 77.1 Å². The van der Waals surface area contributed by atoms with E-state index < -0.39 is 10.7 Å². The number of hydrogen-bond donors (Lipinski definition) is 0. The average Bonchev–Trinajstić information content (AvgIpc) is 3.18. The number of halogens is 3. The Labute approximate surface area is 191 Å². The third-order valence-corrected chi connectivity index (χ3v) is 6.01. The second kappa shape index (κ2) is 9.42. The van der Waals surface area contributed by atoms with E-state index >= 15 is 0 Å². The summed E-state index contributed by atoms with van der Waals surface area (Å²) in [6.45, 7) is 0.524. The Hall–Kier alpha value is -3.36. The van der Waals surface area contributed by atoms with Gasteiger partial charge in [-0.3, -0.25) is 10.1 Å². The van der Waals surface area contributed by atoms with E-state index in [1.54, 1.807) is 30.3 Å². The molecule has 0 aliphatic heterocycles. The lowest BCUT2D eigenvalue weighted by atomic mass is 10.1. The van der Waals surface area contributed by atoms with Gasteiger partial charge in [0, 0.05) is 30.1 Å². The molecule has 4 rings (SSSR count). The fraction of sp³-hybridized carbons (Fsp3) is 0.0870. The molecule has 3 aromatic carbocycles. The first-order valence-electron chi connectivity index (χ1n) is 9.58. The minimum Gasteiger partial charge on any atom is -0.316 e. The summed E-state index contributed by atoms with van der Waals surface area (Å²) < 4.78 is 29.1. The Bertz CT molecular complexity index is 1330. The van der Waals surface area contributed by atoms with Crippen molar-refractivity contribution in [1.29, 1.82) is 0 Å². The second-order valence-electron chi connectivity index (χ2n) is 6.95. The zero-order valence-corrected chi connectivity index (χ0v) is 18.1. The first kappa shape index (κ1) is 21.9. The molecule has 0 aliphatic carbocycles. The zero-order valence-electron chi connectivity index (χ0n) is 16.5. The van der Waals surface area contributed by atoms with Crippen molar-refractivity contribution in [2.45, 2.75) is 13.0 Å². The first-order chi connectivity index (χ1) is 15.4. The first-order valence-corrected chi connectivity index (χ1v) is 10.8. The standard InChI is InChI=1S/C23H16ClF2N3O2S/c24-20-10-7-18(13-21(20)26)27-23-28(12-11-15-1-5-17(25)6-2-15)22(14-32-23)16-3-8-19(9-4-16)29(30)31/h1-10,13-14H,11-12H2. The summed E-state index contributed by atoms with van der Waals surface area (Å²) in [5.41, 5.74) is 2.97. The Morgan fingerprint density at radius 1 is 1.03 bits per heavy atom. The van der Waals surface area contributed by atoms with Gasteiger partial charge >= 0.3 is 0 Å². The lowest BCUT2D eigenvalue weighted by Crippen LogP contribution is -2.17. The number of nitro benzene ring substituents is 1. The van der Waals surface area contributed by atoms with Gasteiger partial charge in [0.05, 0.1) is 21.3 Å². The van der Waals surface area contributed by atoms with Gasteiger partial charge in [-0.15, -0.1) is 11.3 Å². The van der Waals surface area contributed by atoms with Crippen LogP contribution >= 0.6 is 22.9 Å². The van der Waals surface area contributed by atoms with Gasteiger partial charge in [0.1, 0.15) is 11.6 Å². The van der Waals surface area contributed by atoms with Crippen molar-refractivity contribution in [3.8, 4) is 11.3 Å². The van der Waals surface area contributed by atoms with Crippen LogP contribution in [0.4, 0.5) is 20.2 Å². The van der Waals surface area contributed by atoms with Crippen molar-refractivity contribution < 1.29 is 13.7 Å². The van der Waals surface area contributed by atoms with Crippen LogP contribution in [0.3, 0.4) is 0 Å². The molecular weight excluding hydrogens is 456 g/mol. The van der Waals surface area contributed by atoms with Gasteiger partial charge in [0.25, 0.3) is 5.69 Å². The molecule has 32 heavy (non-hydrogen) atoms. The SMILES string of the molecule is O=[N+]([O-])c1ccc(-c2csc(=Nc3ccc(Cl)c(F)c3)n2CCc2ccc(F)cc2)cc1. The number of non-ortho nitro benzene ring substituents is 1. The molecule has 0 radical (unpaired) electrons. The summed E-state index contributed by atoms with van der Waals surface area (Å²) >= 11 is 7.14. The molecule has 0 saturated heterocycles. The van der Waals surface area contributed by atoms with E-state index in [-0.39, 0.29) is 16.5 Å². The highest BCUT2D eigenvalue weighted by Crippen LogP contribution is 2.25. The van der Waals surface area contributed by atoms with E-state index in [2.05, 4.69) is 4.99 Å². The van der Waals surface area contributed by atoms with Crippen molar-refractivity contribution in [3.63, 3.8) is 0 Å². The number of rotatable bonds is 6. The van der Waals surface area contributed by atoms with Gasteiger partial charge in [0.15, 0.2) is 4.80 Å². The van der Waals surface area contributed by atoms with E-state index in [0.717, 1.165) is 16.8 Å². The molecule has 1 heterocycles. The van der Waals surface area contributed by atoms with Gasteiger partial charge in [0.2, 0.25) is 0 Å². The summed E-state index contributed by atoms with van der Waals surface area (Å²) in [6.07, 6.45) is 0.610. The second-order valence-corrected chi connectivity index (χ2v) is 8.19. The summed E-state index contributed by atoms with van der Waals surface area (Å²) in [6, 6.07) is 16.9. The van der Waals surface area contributed by atoms with Gasteiger partial charge < -0.3 is 4.57 Å². The molecule has 0 amide bonds. The molecular formula is C23H16ClF2N3O2S. The Morgan fingerprint density at radius 3 is 2.41 bits per heavy atom. The van der Waals surface area contributed by atoms with Crippen LogP contribution in [0, 0.1) is 21.7 Å². The minimum atomic E-state index is -0.557. The van der Waals surface area contributed by atoms with Crippen LogP contribution in [0.5, 0.6) is 0 Å². The summed E-state index contributed by atoms with van der Waals surface area (Å²) in [4.78, 5) is 15.7.